The Labute approximate surface area is 80.6 Å². The summed E-state index contributed by atoms with van der Waals surface area (Å²) >= 11 is 8.87. The predicted molar refractivity (Wildman–Crippen MR) is 51.5 cm³/mol. The lowest BCUT2D eigenvalue weighted by atomic mass is 10.4. The van der Waals surface area contributed by atoms with Crippen molar-refractivity contribution in [1.82, 2.24) is 0 Å². The van der Waals surface area contributed by atoms with Crippen LogP contribution in [0.3, 0.4) is 0 Å². The minimum absolute atomic E-state index is 0.0309. The highest BCUT2D eigenvalue weighted by Gasteiger charge is 2.10. The van der Waals surface area contributed by atoms with Crippen molar-refractivity contribution in [1.29, 1.82) is 0 Å². The van der Waals surface area contributed by atoms with Crippen LogP contribution in [0, 0.1) is 0 Å². The summed E-state index contributed by atoms with van der Waals surface area (Å²) in [5.74, 6) is 0. The zero-order valence-corrected chi connectivity index (χ0v) is 7.86. The Morgan fingerprint density at radius 3 is 2.25 bits per heavy atom. The maximum atomic E-state index is 8.68. The van der Waals surface area contributed by atoms with Crippen molar-refractivity contribution in [3.05, 3.63) is 0 Å². The molecule has 12 heavy (non-hydrogen) atoms. The molecule has 70 valence electrons. The van der Waals surface area contributed by atoms with Gasteiger partial charge in [-0.05, 0) is 24.4 Å². The van der Waals surface area contributed by atoms with Crippen molar-refractivity contribution in [3.8, 4) is 0 Å². The third-order valence-electron chi connectivity index (χ3n) is 0.898. The lowest BCUT2D eigenvalue weighted by Gasteiger charge is -2.14. The largest absolute Gasteiger partial charge is 0.467 e. The van der Waals surface area contributed by atoms with Gasteiger partial charge in [-0.2, -0.15) is 0 Å². The molecule has 0 aliphatic rings. The van der Waals surface area contributed by atoms with E-state index < -0.39 is 6.10 Å². The molecule has 0 bridgehead atoms. The van der Waals surface area contributed by atoms with Crippen LogP contribution >= 0.6 is 24.4 Å². The molecule has 5 N–H and O–H groups in total. The number of ether oxygens (including phenoxy) is 2. The van der Waals surface area contributed by atoms with Gasteiger partial charge in [0.05, 0.1) is 6.61 Å². The molecule has 0 aromatic carbocycles. The topological polar surface area (TPSA) is 90.7 Å². The summed E-state index contributed by atoms with van der Waals surface area (Å²) in [5, 5.41) is 8.42. The maximum Gasteiger partial charge on any atom is 0.254 e. The Hall–Kier alpha value is -0.660. The second kappa shape index (κ2) is 5.92. The van der Waals surface area contributed by atoms with E-state index in [1.54, 1.807) is 0 Å². The third kappa shape index (κ3) is 6.08. The molecule has 0 spiro atoms. The number of aliphatic hydroxyl groups excluding tert-OH is 1. The van der Waals surface area contributed by atoms with Gasteiger partial charge in [0.2, 0.25) is 0 Å². The molecule has 0 aliphatic carbocycles. The van der Waals surface area contributed by atoms with E-state index in [2.05, 4.69) is 24.4 Å². The molecule has 5 nitrogen and oxygen atoms in total. The predicted octanol–water partition coefficient (Wildman–Crippen LogP) is -1.13. The maximum absolute atomic E-state index is 8.68. The average molecular weight is 210 g/mol. The molecule has 0 heterocycles. The van der Waals surface area contributed by atoms with Gasteiger partial charge in [0.25, 0.3) is 10.3 Å². The normalized spacial score (nSPS) is 11.8. The molecule has 0 fully saturated rings. The molecule has 1 atom stereocenters. The molecule has 0 aromatic rings. The van der Waals surface area contributed by atoms with Gasteiger partial charge in [-0.15, -0.1) is 0 Å². The molecule has 0 aromatic heterocycles. The first-order valence-corrected chi connectivity index (χ1v) is 3.87. The highest BCUT2D eigenvalue weighted by atomic mass is 32.1. The quantitative estimate of drug-likeness (QED) is 0.506. The highest BCUT2D eigenvalue weighted by Crippen LogP contribution is 1.92. The van der Waals surface area contributed by atoms with Gasteiger partial charge in [-0.25, -0.2) is 0 Å². The molecule has 0 radical (unpaired) electrons. The fourth-order valence-electron chi connectivity index (χ4n) is 0.463. The minimum atomic E-state index is -0.621. The lowest BCUT2D eigenvalue weighted by Crippen LogP contribution is -2.31. The van der Waals surface area contributed by atoms with Gasteiger partial charge in [-0.3, -0.25) is 0 Å². The van der Waals surface area contributed by atoms with E-state index in [0.717, 1.165) is 0 Å². The Morgan fingerprint density at radius 1 is 1.33 bits per heavy atom. The van der Waals surface area contributed by atoms with Crippen molar-refractivity contribution in [3.63, 3.8) is 0 Å². The number of thiocarbonyl (C=S) groups is 2. The zero-order valence-electron chi connectivity index (χ0n) is 6.23. The van der Waals surface area contributed by atoms with Crippen LogP contribution < -0.4 is 11.5 Å². The van der Waals surface area contributed by atoms with Crippen molar-refractivity contribution in [2.45, 2.75) is 6.10 Å². The number of rotatable bonds is 4. The van der Waals surface area contributed by atoms with E-state index in [-0.39, 0.29) is 23.6 Å². The Balaban J connectivity index is 3.67. The number of hydrogen-bond donors (Lipinski definition) is 3. The van der Waals surface area contributed by atoms with Crippen LogP contribution in [0.1, 0.15) is 0 Å². The standard InChI is InChI=1S/C5H10N2O3S2/c6-4(11)9-2-3(1-8)10-5(7)12/h3,8H,1-2H2,(H2,6,11)(H2,7,12). The summed E-state index contributed by atoms with van der Waals surface area (Å²) in [5.41, 5.74) is 10.1. The fraction of sp³-hybridized carbons (Fsp3) is 0.600. The van der Waals surface area contributed by atoms with Crippen molar-refractivity contribution < 1.29 is 14.6 Å². The molecule has 0 rings (SSSR count). The lowest BCUT2D eigenvalue weighted by molar-refractivity contribution is 0.0613. The molecule has 7 heteroatoms. The molecular formula is C5H10N2O3S2. The Bertz CT molecular complexity index is 176. The second-order valence-electron chi connectivity index (χ2n) is 1.87. The summed E-state index contributed by atoms with van der Waals surface area (Å²) in [7, 11) is 0. The summed E-state index contributed by atoms with van der Waals surface area (Å²) in [6.07, 6.45) is -0.621. The average Bonchev–Trinajstić information content (AvgIpc) is 1.97. The summed E-state index contributed by atoms with van der Waals surface area (Å²) in [4.78, 5) is 0. The molecular weight excluding hydrogens is 200 g/mol. The monoisotopic (exact) mass is 210 g/mol. The van der Waals surface area contributed by atoms with Crippen LogP contribution in [-0.4, -0.2) is 34.8 Å². The van der Waals surface area contributed by atoms with Gasteiger partial charge in [0.1, 0.15) is 6.61 Å². The van der Waals surface area contributed by atoms with E-state index in [4.69, 9.17) is 26.0 Å². The van der Waals surface area contributed by atoms with Gasteiger partial charge < -0.3 is 26.0 Å². The second-order valence-corrected chi connectivity index (χ2v) is 2.68. The van der Waals surface area contributed by atoms with E-state index in [1.807, 2.05) is 0 Å². The van der Waals surface area contributed by atoms with E-state index >= 15 is 0 Å². The summed E-state index contributed by atoms with van der Waals surface area (Å²) in [6, 6.07) is 0. The molecule has 0 aliphatic heterocycles. The van der Waals surface area contributed by atoms with Crippen LogP contribution in [-0.2, 0) is 9.47 Å². The van der Waals surface area contributed by atoms with Gasteiger partial charge >= 0.3 is 0 Å². The molecule has 0 saturated heterocycles. The summed E-state index contributed by atoms with van der Waals surface area (Å²) in [6.45, 7) is -0.233. The van der Waals surface area contributed by atoms with Crippen LogP contribution in [0.25, 0.3) is 0 Å². The van der Waals surface area contributed by atoms with Crippen molar-refractivity contribution >= 4 is 34.8 Å². The van der Waals surface area contributed by atoms with E-state index in [9.17, 15) is 0 Å². The number of nitrogens with two attached hydrogens (primary N) is 2. The highest BCUT2D eigenvalue weighted by molar-refractivity contribution is 7.80. The SMILES string of the molecule is NC(=S)OCC(CO)OC(N)=S. The van der Waals surface area contributed by atoms with Crippen molar-refractivity contribution in [2.75, 3.05) is 13.2 Å². The number of aliphatic hydroxyl groups is 1. The molecule has 0 saturated carbocycles. The molecule has 0 amide bonds. The van der Waals surface area contributed by atoms with Crippen LogP contribution in [0.4, 0.5) is 0 Å². The van der Waals surface area contributed by atoms with Crippen LogP contribution in [0.15, 0.2) is 0 Å². The van der Waals surface area contributed by atoms with Crippen molar-refractivity contribution in [2.24, 2.45) is 11.5 Å². The zero-order chi connectivity index (χ0) is 9.56. The fourth-order valence-corrected chi connectivity index (χ4v) is 0.667. The smallest absolute Gasteiger partial charge is 0.254 e. The number of hydrogen-bond acceptors (Lipinski definition) is 5. The van der Waals surface area contributed by atoms with Gasteiger partial charge in [0, 0.05) is 0 Å². The van der Waals surface area contributed by atoms with Gasteiger partial charge in [0.15, 0.2) is 6.10 Å². The third-order valence-corrected chi connectivity index (χ3v) is 1.11. The van der Waals surface area contributed by atoms with Crippen LogP contribution in [0.2, 0.25) is 0 Å². The van der Waals surface area contributed by atoms with Gasteiger partial charge in [-0.1, -0.05) is 0 Å². The van der Waals surface area contributed by atoms with Crippen LogP contribution in [0.5, 0.6) is 0 Å². The first kappa shape index (κ1) is 11.3. The summed E-state index contributed by atoms with van der Waals surface area (Å²) < 4.78 is 9.47. The Kier molecular flexibility index (Phi) is 5.60. The first-order valence-electron chi connectivity index (χ1n) is 3.05. The Morgan fingerprint density at radius 2 is 1.92 bits per heavy atom. The molecule has 1 unspecified atom stereocenters. The minimum Gasteiger partial charge on any atom is -0.467 e. The van der Waals surface area contributed by atoms with E-state index in [1.165, 1.54) is 0 Å². The van der Waals surface area contributed by atoms with E-state index in [0.29, 0.717) is 0 Å². The first-order chi connectivity index (χ1) is 5.56.